The van der Waals surface area contributed by atoms with Crippen molar-refractivity contribution in [2.24, 2.45) is 10.8 Å². The maximum atomic E-state index is 10.5. The standard InChI is InChI=1S/C10H13N3O3/c1-6(12-13-10(11)15)8-5-7(16-2)3-4-9(8)14/h3-5,14H,1-2H3,(H3,11,13,15). The molecule has 4 N–H and O–H groups in total. The first-order valence-electron chi connectivity index (χ1n) is 4.51. The van der Waals surface area contributed by atoms with Crippen molar-refractivity contribution in [2.75, 3.05) is 7.11 Å². The fourth-order valence-corrected chi connectivity index (χ4v) is 1.13. The average molecular weight is 223 g/mol. The number of urea groups is 1. The zero-order valence-electron chi connectivity index (χ0n) is 9.02. The monoisotopic (exact) mass is 223 g/mol. The lowest BCUT2D eigenvalue weighted by Gasteiger charge is -2.06. The van der Waals surface area contributed by atoms with Gasteiger partial charge in [-0.2, -0.15) is 5.10 Å². The normalized spacial score (nSPS) is 11.0. The Morgan fingerprint density at radius 1 is 1.56 bits per heavy atom. The van der Waals surface area contributed by atoms with E-state index in [1.807, 2.05) is 0 Å². The molecule has 86 valence electrons. The smallest absolute Gasteiger partial charge is 0.332 e. The van der Waals surface area contributed by atoms with E-state index in [0.29, 0.717) is 17.0 Å². The Balaban J connectivity index is 3.01. The van der Waals surface area contributed by atoms with Gasteiger partial charge < -0.3 is 15.6 Å². The van der Waals surface area contributed by atoms with Gasteiger partial charge in [0.05, 0.1) is 12.8 Å². The van der Waals surface area contributed by atoms with Crippen LogP contribution in [0.4, 0.5) is 4.79 Å². The molecule has 0 aromatic heterocycles. The first-order chi connectivity index (χ1) is 7.54. The Bertz CT molecular complexity index is 429. The number of aromatic hydroxyl groups is 1. The van der Waals surface area contributed by atoms with E-state index < -0.39 is 6.03 Å². The van der Waals surface area contributed by atoms with Crippen molar-refractivity contribution in [2.45, 2.75) is 6.92 Å². The number of amides is 2. The van der Waals surface area contributed by atoms with Gasteiger partial charge >= 0.3 is 6.03 Å². The van der Waals surface area contributed by atoms with Gasteiger partial charge in [0.1, 0.15) is 11.5 Å². The number of phenolic OH excluding ortho intramolecular Hbond substituents is 1. The lowest BCUT2D eigenvalue weighted by molar-refractivity contribution is 0.249. The topological polar surface area (TPSA) is 96.9 Å². The van der Waals surface area contributed by atoms with Crippen LogP contribution in [0, 0.1) is 0 Å². The first kappa shape index (κ1) is 11.8. The summed E-state index contributed by atoms with van der Waals surface area (Å²) < 4.78 is 5.01. The number of nitrogens with one attached hydrogen (secondary N) is 1. The Morgan fingerprint density at radius 3 is 2.81 bits per heavy atom. The molecule has 0 saturated carbocycles. The van der Waals surface area contributed by atoms with Crippen LogP contribution < -0.4 is 15.9 Å². The van der Waals surface area contributed by atoms with Gasteiger partial charge in [-0.1, -0.05) is 0 Å². The first-order valence-corrected chi connectivity index (χ1v) is 4.51. The molecule has 0 saturated heterocycles. The number of nitrogens with two attached hydrogens (primary N) is 1. The highest BCUT2D eigenvalue weighted by atomic mass is 16.5. The number of methoxy groups -OCH3 is 1. The molecule has 1 aromatic carbocycles. The van der Waals surface area contributed by atoms with E-state index in [1.54, 1.807) is 19.1 Å². The van der Waals surface area contributed by atoms with Crippen molar-refractivity contribution >= 4 is 11.7 Å². The number of hydrogen-bond donors (Lipinski definition) is 3. The second kappa shape index (κ2) is 5.01. The van der Waals surface area contributed by atoms with E-state index in [0.717, 1.165) is 0 Å². The maximum Gasteiger partial charge on any atom is 0.332 e. The second-order valence-corrected chi connectivity index (χ2v) is 3.06. The van der Waals surface area contributed by atoms with Crippen LogP contribution in [0.15, 0.2) is 23.3 Å². The number of rotatable bonds is 3. The zero-order chi connectivity index (χ0) is 12.1. The van der Waals surface area contributed by atoms with Gasteiger partial charge in [0.2, 0.25) is 0 Å². The summed E-state index contributed by atoms with van der Waals surface area (Å²) >= 11 is 0. The summed E-state index contributed by atoms with van der Waals surface area (Å²) in [6, 6.07) is 3.95. The van der Waals surface area contributed by atoms with Crippen LogP contribution in [0.3, 0.4) is 0 Å². The van der Waals surface area contributed by atoms with Crippen LogP contribution in [-0.2, 0) is 0 Å². The highest BCUT2D eigenvalue weighted by Gasteiger charge is 2.06. The van der Waals surface area contributed by atoms with E-state index in [-0.39, 0.29) is 5.75 Å². The molecule has 6 nitrogen and oxygen atoms in total. The quantitative estimate of drug-likeness (QED) is 0.522. The van der Waals surface area contributed by atoms with E-state index >= 15 is 0 Å². The second-order valence-electron chi connectivity index (χ2n) is 3.06. The zero-order valence-corrected chi connectivity index (χ0v) is 9.02. The number of carbonyl (C=O) groups excluding carboxylic acids is 1. The molecule has 0 aliphatic carbocycles. The number of primary amides is 1. The molecule has 1 aromatic rings. The number of benzene rings is 1. The summed E-state index contributed by atoms with van der Waals surface area (Å²) in [7, 11) is 1.52. The molecule has 16 heavy (non-hydrogen) atoms. The number of carbonyl (C=O) groups is 1. The van der Waals surface area contributed by atoms with E-state index in [1.165, 1.54) is 13.2 Å². The summed E-state index contributed by atoms with van der Waals surface area (Å²) in [5.74, 6) is 0.634. The highest BCUT2D eigenvalue weighted by molar-refractivity contribution is 6.01. The number of hydrogen-bond acceptors (Lipinski definition) is 4. The van der Waals surface area contributed by atoms with E-state index in [9.17, 15) is 9.90 Å². The van der Waals surface area contributed by atoms with Crippen LogP contribution in [0.2, 0.25) is 0 Å². The molecule has 0 radical (unpaired) electrons. The SMILES string of the molecule is COc1ccc(O)c(C(C)=NNC(N)=O)c1. The van der Waals surface area contributed by atoms with Crippen molar-refractivity contribution in [1.29, 1.82) is 0 Å². The molecule has 0 unspecified atom stereocenters. The summed E-state index contributed by atoms with van der Waals surface area (Å²) in [6.07, 6.45) is 0. The molecule has 6 heteroatoms. The number of nitrogens with zero attached hydrogens (tertiary/aromatic N) is 1. The summed E-state index contributed by atoms with van der Waals surface area (Å²) in [6.45, 7) is 1.63. The van der Waals surface area contributed by atoms with Crippen LogP contribution in [0.1, 0.15) is 12.5 Å². The Hall–Kier alpha value is -2.24. The predicted octanol–water partition coefficient (Wildman–Crippen LogP) is 0.793. The van der Waals surface area contributed by atoms with Gasteiger partial charge in [0, 0.05) is 5.56 Å². The van der Waals surface area contributed by atoms with Gasteiger partial charge in [-0.25, -0.2) is 10.2 Å². The van der Waals surface area contributed by atoms with Crippen LogP contribution >= 0.6 is 0 Å². The molecular weight excluding hydrogens is 210 g/mol. The fraction of sp³-hybridized carbons (Fsp3) is 0.200. The summed E-state index contributed by atoms with van der Waals surface area (Å²) in [5, 5.41) is 13.3. The third kappa shape index (κ3) is 2.88. The summed E-state index contributed by atoms with van der Waals surface area (Å²) in [4.78, 5) is 10.5. The molecule has 0 atom stereocenters. The lowest BCUT2D eigenvalue weighted by atomic mass is 10.1. The third-order valence-corrected chi connectivity index (χ3v) is 1.93. The molecule has 0 aliphatic rings. The third-order valence-electron chi connectivity index (χ3n) is 1.93. The van der Waals surface area contributed by atoms with Gasteiger partial charge in [-0.3, -0.25) is 0 Å². The average Bonchev–Trinajstić information content (AvgIpc) is 2.26. The van der Waals surface area contributed by atoms with E-state index in [4.69, 9.17) is 10.5 Å². The van der Waals surface area contributed by atoms with Crippen molar-refractivity contribution in [3.05, 3.63) is 23.8 Å². The fourth-order valence-electron chi connectivity index (χ4n) is 1.13. The van der Waals surface area contributed by atoms with Crippen molar-refractivity contribution in [3.63, 3.8) is 0 Å². The highest BCUT2D eigenvalue weighted by Crippen LogP contribution is 2.23. The van der Waals surface area contributed by atoms with E-state index in [2.05, 4.69) is 10.5 Å². The molecular formula is C10H13N3O3. The van der Waals surface area contributed by atoms with Crippen LogP contribution in [0.5, 0.6) is 11.5 Å². The van der Waals surface area contributed by atoms with Crippen LogP contribution in [0.25, 0.3) is 0 Å². The van der Waals surface area contributed by atoms with Gasteiger partial charge in [0.25, 0.3) is 0 Å². The number of ether oxygens (including phenoxy) is 1. The number of phenols is 1. The summed E-state index contributed by atoms with van der Waals surface area (Å²) in [5.41, 5.74) is 7.84. The van der Waals surface area contributed by atoms with Gasteiger partial charge in [-0.15, -0.1) is 0 Å². The van der Waals surface area contributed by atoms with Gasteiger partial charge in [-0.05, 0) is 25.1 Å². The lowest BCUT2D eigenvalue weighted by Crippen LogP contribution is -2.25. The molecule has 0 heterocycles. The van der Waals surface area contributed by atoms with Crippen molar-refractivity contribution in [3.8, 4) is 11.5 Å². The molecule has 0 fully saturated rings. The molecule has 1 rings (SSSR count). The minimum absolute atomic E-state index is 0.0494. The maximum absolute atomic E-state index is 10.5. The molecule has 2 amide bonds. The Kier molecular flexibility index (Phi) is 3.71. The minimum atomic E-state index is -0.762. The van der Waals surface area contributed by atoms with Crippen molar-refractivity contribution in [1.82, 2.24) is 5.43 Å². The number of hydrazone groups is 1. The Labute approximate surface area is 92.7 Å². The van der Waals surface area contributed by atoms with Crippen molar-refractivity contribution < 1.29 is 14.6 Å². The molecule has 0 aliphatic heterocycles. The molecule has 0 bridgehead atoms. The Morgan fingerprint density at radius 2 is 2.25 bits per heavy atom. The molecule has 0 spiro atoms. The van der Waals surface area contributed by atoms with Gasteiger partial charge in [0.15, 0.2) is 0 Å². The predicted molar refractivity (Wildman–Crippen MR) is 59.6 cm³/mol. The largest absolute Gasteiger partial charge is 0.507 e. The minimum Gasteiger partial charge on any atom is -0.507 e. The van der Waals surface area contributed by atoms with Crippen LogP contribution in [-0.4, -0.2) is 24.0 Å².